The van der Waals surface area contributed by atoms with Gasteiger partial charge in [0.15, 0.2) is 0 Å². The monoisotopic (exact) mass is 744 g/mol. The van der Waals surface area contributed by atoms with Crippen molar-refractivity contribution in [1.82, 2.24) is 15.1 Å². The second-order valence-corrected chi connectivity index (χ2v) is 11.8. The summed E-state index contributed by atoms with van der Waals surface area (Å²) >= 11 is 0. The quantitative estimate of drug-likeness (QED) is 0.116. The van der Waals surface area contributed by atoms with E-state index in [2.05, 4.69) is 10.3 Å². The molecule has 1 fully saturated rings. The zero-order valence-corrected chi connectivity index (χ0v) is 29.7. The molecule has 0 bridgehead atoms. The number of para-hydroxylation sites is 2. The molecule has 2 N–H and O–H groups in total. The zero-order valence-electron chi connectivity index (χ0n) is 29.7. The average molecular weight is 745 g/mol. The summed E-state index contributed by atoms with van der Waals surface area (Å²) in [6.07, 6.45) is 0.836. The molecule has 284 valence electrons. The van der Waals surface area contributed by atoms with E-state index in [0.717, 1.165) is 11.2 Å². The first kappa shape index (κ1) is 38.7. The van der Waals surface area contributed by atoms with Gasteiger partial charge in [0, 0.05) is 18.8 Å². The van der Waals surface area contributed by atoms with Crippen molar-refractivity contribution in [3.05, 3.63) is 84.4 Å². The Balaban J connectivity index is 1.42. The number of rotatable bonds is 17. The molecule has 54 heavy (non-hydrogen) atoms. The summed E-state index contributed by atoms with van der Waals surface area (Å²) in [6, 6.07) is 20.0. The fourth-order valence-corrected chi connectivity index (χ4v) is 5.79. The summed E-state index contributed by atoms with van der Waals surface area (Å²) in [6.45, 7) is 1.68. The predicted molar refractivity (Wildman–Crippen MR) is 193 cm³/mol. The smallest absolute Gasteiger partial charge is 0.334 e. The van der Waals surface area contributed by atoms with Gasteiger partial charge in [0.25, 0.3) is 11.8 Å². The largest absolute Gasteiger partial charge is 0.490 e. The number of ether oxygens (including phenoxy) is 4. The van der Waals surface area contributed by atoms with Crippen molar-refractivity contribution in [3.63, 3.8) is 0 Å². The van der Waals surface area contributed by atoms with Crippen molar-refractivity contribution < 1.29 is 52.8 Å². The van der Waals surface area contributed by atoms with E-state index in [1.54, 1.807) is 79.7 Å². The summed E-state index contributed by atoms with van der Waals surface area (Å²) in [5.74, 6) is -3.70. The van der Waals surface area contributed by atoms with Gasteiger partial charge in [-0.15, -0.1) is 0 Å². The number of nitrogens with one attached hydrogen (secondary N) is 1. The highest BCUT2D eigenvalue weighted by molar-refractivity contribution is 6.29. The Labute approximate surface area is 310 Å². The number of amides is 6. The van der Waals surface area contributed by atoms with Crippen LogP contribution in [0.15, 0.2) is 83.9 Å². The number of benzene rings is 3. The third-order valence-electron chi connectivity index (χ3n) is 8.34. The second kappa shape index (κ2) is 17.8. The third kappa shape index (κ3) is 8.58. The van der Waals surface area contributed by atoms with Crippen LogP contribution in [0.25, 0.3) is 0 Å². The van der Waals surface area contributed by atoms with E-state index in [4.69, 9.17) is 18.9 Å². The van der Waals surface area contributed by atoms with Crippen molar-refractivity contribution in [3.8, 4) is 11.5 Å². The number of aryl methyl sites for hydroxylation is 1. The molecular weight excluding hydrogens is 704 g/mol. The van der Waals surface area contributed by atoms with Crippen molar-refractivity contribution >= 4 is 53.5 Å². The van der Waals surface area contributed by atoms with E-state index in [0.29, 0.717) is 45.6 Å². The lowest BCUT2D eigenvalue weighted by atomic mass is 9.98. The van der Waals surface area contributed by atoms with Gasteiger partial charge in [-0.05, 0) is 61.9 Å². The van der Waals surface area contributed by atoms with Gasteiger partial charge >= 0.3 is 29.7 Å². The van der Waals surface area contributed by atoms with Gasteiger partial charge in [-0.1, -0.05) is 36.4 Å². The molecule has 5 rings (SSSR count). The topological polar surface area (TPSA) is 197 Å². The fraction of sp³-hybridized carbons (Fsp3) is 0.324. The average Bonchev–Trinajstić information content (AvgIpc) is 3.18. The Kier molecular flexibility index (Phi) is 12.8. The molecule has 1 saturated heterocycles. The van der Waals surface area contributed by atoms with E-state index < -0.39 is 54.6 Å². The molecule has 17 heteroatoms. The van der Waals surface area contributed by atoms with Crippen molar-refractivity contribution in [2.24, 2.45) is 4.99 Å². The number of hydrogen-bond donors (Lipinski definition) is 2. The first-order valence-electron chi connectivity index (χ1n) is 17.1. The number of urea groups is 2. The number of aliphatic hydroxyl groups is 1. The Hall–Kier alpha value is -6.49. The summed E-state index contributed by atoms with van der Waals surface area (Å²) in [5.41, 5.74) is -1.64. The molecule has 3 aromatic rings. The van der Waals surface area contributed by atoms with Crippen LogP contribution in [0.2, 0.25) is 0 Å². The molecule has 1 spiro atoms. The molecule has 2 heterocycles. The maximum absolute atomic E-state index is 14.4. The number of barbiturate groups is 1. The maximum Gasteiger partial charge on any atom is 0.334 e. The lowest BCUT2D eigenvalue weighted by Gasteiger charge is -2.47. The van der Waals surface area contributed by atoms with E-state index in [1.165, 1.54) is 6.07 Å². The summed E-state index contributed by atoms with van der Waals surface area (Å²) in [4.78, 5) is 90.0. The summed E-state index contributed by atoms with van der Waals surface area (Å²) < 4.78 is 21.5. The van der Waals surface area contributed by atoms with Crippen LogP contribution in [0.4, 0.5) is 21.0 Å². The van der Waals surface area contributed by atoms with Crippen molar-refractivity contribution in [1.29, 1.82) is 0 Å². The van der Waals surface area contributed by atoms with Gasteiger partial charge in [0.2, 0.25) is 0 Å². The molecule has 0 aliphatic carbocycles. The number of likely N-dealkylation sites (N-methyl/N-ethyl adjacent to an activating group) is 1. The molecule has 2 aliphatic heterocycles. The van der Waals surface area contributed by atoms with Crippen LogP contribution in [0.3, 0.4) is 0 Å². The number of carbonyl (C=O) groups is 6. The van der Waals surface area contributed by atoms with Gasteiger partial charge in [-0.2, -0.15) is 0 Å². The number of nitrogens with zero attached hydrogens (tertiary/aromatic N) is 5. The van der Waals surface area contributed by atoms with E-state index in [9.17, 15) is 33.9 Å². The van der Waals surface area contributed by atoms with Crippen LogP contribution < -0.4 is 24.6 Å². The lowest BCUT2D eigenvalue weighted by molar-refractivity contribution is -0.160. The minimum absolute atomic E-state index is 0.0483. The number of imide groups is 2. The standard InChI is InChI=1S/C37H40N6O11/c1-3-40(16-17-44)27-14-15-30(26(2)22-27)43-35(49)38-25-39-37(43)33(47)41(23-31(45)53-20-18-51-28-10-6-4-7-11-28)36(50)42(34(37)48)24-32(46)54-21-19-52-29-12-8-5-9-13-29/h4-15,22,25,44H,3,16-21,23-24H2,1-2H3,(H,38,39,49). The first-order chi connectivity index (χ1) is 26.1. The van der Waals surface area contributed by atoms with Crippen LogP contribution in [0.1, 0.15) is 12.5 Å². The molecule has 2 aliphatic rings. The van der Waals surface area contributed by atoms with Crippen molar-refractivity contribution in [2.75, 3.05) is 69.0 Å². The number of carbonyl (C=O) groups excluding carboxylic acids is 6. The number of esters is 2. The van der Waals surface area contributed by atoms with Crippen LogP contribution in [0, 0.1) is 6.92 Å². The normalized spacial score (nSPS) is 14.9. The highest BCUT2D eigenvalue weighted by Crippen LogP contribution is 2.37. The molecule has 0 unspecified atom stereocenters. The van der Waals surface area contributed by atoms with Gasteiger partial charge < -0.3 is 29.0 Å². The molecule has 6 amide bonds. The number of aliphatic hydroxyl groups excluding tert-OH is 1. The highest BCUT2D eigenvalue weighted by Gasteiger charge is 2.65. The van der Waals surface area contributed by atoms with Crippen molar-refractivity contribution in [2.45, 2.75) is 19.5 Å². The predicted octanol–water partition coefficient (Wildman–Crippen LogP) is 2.10. The van der Waals surface area contributed by atoms with Crippen LogP contribution in [0.5, 0.6) is 11.5 Å². The molecular formula is C37H40N6O11. The van der Waals surface area contributed by atoms with Crippen LogP contribution in [-0.2, 0) is 28.7 Å². The number of hydrogen-bond acceptors (Lipinski definition) is 13. The Bertz CT molecular complexity index is 1790. The maximum atomic E-state index is 14.4. The highest BCUT2D eigenvalue weighted by atomic mass is 16.6. The number of anilines is 2. The van der Waals surface area contributed by atoms with E-state index in [1.807, 2.05) is 11.8 Å². The summed E-state index contributed by atoms with van der Waals surface area (Å²) in [5, 5.41) is 11.9. The fourth-order valence-electron chi connectivity index (χ4n) is 5.79. The molecule has 0 atom stereocenters. The SMILES string of the molecule is CCN(CCO)c1ccc(N2C(=O)NC=NC23C(=O)N(CC(=O)OCCOc2ccccc2)C(=O)N(CC(=O)OCCOc2ccccc2)C3=O)c(C)c1. The number of aliphatic imine (C=N–C) groups is 1. The third-order valence-corrected chi connectivity index (χ3v) is 8.34. The van der Waals surface area contributed by atoms with Gasteiger partial charge in [0.1, 0.15) is 51.0 Å². The molecule has 3 aromatic carbocycles. The molecule has 0 radical (unpaired) electrons. The Morgan fingerprint density at radius 1 is 0.796 bits per heavy atom. The summed E-state index contributed by atoms with van der Waals surface area (Å²) in [7, 11) is 0. The second-order valence-electron chi connectivity index (χ2n) is 11.8. The molecule has 17 nitrogen and oxygen atoms in total. The molecule has 0 saturated carbocycles. The Morgan fingerprint density at radius 2 is 1.33 bits per heavy atom. The van der Waals surface area contributed by atoms with E-state index in [-0.39, 0.29) is 38.7 Å². The zero-order chi connectivity index (χ0) is 38.7. The Morgan fingerprint density at radius 3 is 1.81 bits per heavy atom. The minimum atomic E-state index is -2.80. The first-order valence-corrected chi connectivity index (χ1v) is 17.1. The van der Waals surface area contributed by atoms with Crippen LogP contribution >= 0.6 is 0 Å². The molecule has 0 aromatic heterocycles. The van der Waals surface area contributed by atoms with Gasteiger partial charge in [-0.25, -0.2) is 24.4 Å². The van der Waals surface area contributed by atoms with Crippen LogP contribution in [-0.4, -0.2) is 122 Å². The van der Waals surface area contributed by atoms with Gasteiger partial charge in [-0.3, -0.25) is 29.4 Å². The van der Waals surface area contributed by atoms with Gasteiger partial charge in [0.05, 0.1) is 18.6 Å². The van der Waals surface area contributed by atoms with E-state index >= 15 is 0 Å². The minimum Gasteiger partial charge on any atom is -0.490 e. The lowest BCUT2D eigenvalue weighted by Crippen LogP contribution is -2.77.